The van der Waals surface area contributed by atoms with Crippen LogP contribution in [0.4, 0.5) is 0 Å². The molecule has 1 aliphatic heterocycles. The monoisotopic (exact) mass is 277 g/mol. The molecule has 0 amide bonds. The molecule has 0 saturated carbocycles. The summed E-state index contributed by atoms with van der Waals surface area (Å²) in [5, 5.41) is 9.74. The number of aliphatic hydroxyl groups excluding tert-OH is 1. The van der Waals surface area contributed by atoms with Crippen LogP contribution in [-0.4, -0.2) is 30.2 Å². The third kappa shape index (κ3) is 3.97. The average molecular weight is 277 g/mol. The Bertz CT molecular complexity index is 431. The number of likely N-dealkylation sites (tertiary alicyclic amines) is 1. The van der Waals surface area contributed by atoms with Crippen molar-refractivity contribution in [2.75, 3.05) is 20.2 Å². The zero-order valence-electron chi connectivity index (χ0n) is 12.9. The van der Waals surface area contributed by atoms with Gasteiger partial charge in [-0.05, 0) is 62.9 Å². The normalized spacial score (nSPS) is 22.3. The molecule has 112 valence electrons. The van der Waals surface area contributed by atoms with Crippen LogP contribution in [0, 0.1) is 5.92 Å². The van der Waals surface area contributed by atoms with Crippen LogP contribution >= 0.6 is 0 Å². The van der Waals surface area contributed by atoms with Crippen molar-refractivity contribution in [3.05, 3.63) is 29.3 Å². The minimum atomic E-state index is -0.427. The van der Waals surface area contributed by atoms with Gasteiger partial charge in [-0.25, -0.2) is 0 Å². The minimum Gasteiger partial charge on any atom is -0.496 e. The van der Waals surface area contributed by atoms with Crippen molar-refractivity contribution in [3.63, 3.8) is 0 Å². The SMILES string of the molecule is COc1ccc(C(C)O)cc1CN1CCCC(C)CC1. The molecule has 1 fully saturated rings. The zero-order chi connectivity index (χ0) is 14.5. The molecule has 3 heteroatoms. The van der Waals surface area contributed by atoms with Crippen LogP contribution < -0.4 is 4.74 Å². The molecule has 1 aromatic carbocycles. The highest BCUT2D eigenvalue weighted by molar-refractivity contribution is 5.38. The Labute approximate surface area is 122 Å². The first-order valence-corrected chi connectivity index (χ1v) is 7.67. The maximum absolute atomic E-state index is 9.74. The number of ether oxygens (including phenoxy) is 1. The lowest BCUT2D eigenvalue weighted by atomic mass is 10.0. The molecule has 1 heterocycles. The molecule has 3 nitrogen and oxygen atoms in total. The smallest absolute Gasteiger partial charge is 0.123 e. The van der Waals surface area contributed by atoms with Crippen LogP contribution in [-0.2, 0) is 6.54 Å². The predicted molar refractivity (Wildman–Crippen MR) is 81.9 cm³/mol. The van der Waals surface area contributed by atoms with Crippen molar-refractivity contribution in [3.8, 4) is 5.75 Å². The highest BCUT2D eigenvalue weighted by atomic mass is 16.5. The number of hydrogen-bond acceptors (Lipinski definition) is 3. The molecule has 1 saturated heterocycles. The Morgan fingerprint density at radius 3 is 2.85 bits per heavy atom. The van der Waals surface area contributed by atoms with E-state index < -0.39 is 6.10 Å². The topological polar surface area (TPSA) is 32.7 Å². The summed E-state index contributed by atoms with van der Waals surface area (Å²) in [5.41, 5.74) is 2.14. The fourth-order valence-corrected chi connectivity index (χ4v) is 2.90. The summed E-state index contributed by atoms with van der Waals surface area (Å²) >= 11 is 0. The quantitative estimate of drug-likeness (QED) is 0.916. The molecule has 2 rings (SSSR count). The van der Waals surface area contributed by atoms with Gasteiger partial charge in [-0.15, -0.1) is 0 Å². The Morgan fingerprint density at radius 1 is 1.35 bits per heavy atom. The Hall–Kier alpha value is -1.06. The van der Waals surface area contributed by atoms with Gasteiger partial charge in [-0.3, -0.25) is 4.90 Å². The standard InChI is InChI=1S/C17H27NO2/c1-13-5-4-9-18(10-8-13)12-16-11-15(14(2)19)6-7-17(16)20-3/h6-7,11,13-14,19H,4-5,8-10,12H2,1-3H3. The third-order valence-electron chi connectivity index (χ3n) is 4.29. The van der Waals surface area contributed by atoms with E-state index in [1.165, 1.54) is 24.8 Å². The van der Waals surface area contributed by atoms with Gasteiger partial charge in [0.2, 0.25) is 0 Å². The van der Waals surface area contributed by atoms with Crippen molar-refractivity contribution in [2.24, 2.45) is 5.92 Å². The van der Waals surface area contributed by atoms with Crippen LogP contribution in [0.15, 0.2) is 18.2 Å². The predicted octanol–water partition coefficient (Wildman–Crippen LogP) is 3.37. The zero-order valence-corrected chi connectivity index (χ0v) is 12.9. The Kier molecular flexibility index (Phi) is 5.44. The van der Waals surface area contributed by atoms with E-state index in [1.54, 1.807) is 14.0 Å². The van der Waals surface area contributed by atoms with Crippen LogP contribution in [0.3, 0.4) is 0 Å². The fraction of sp³-hybridized carbons (Fsp3) is 0.647. The molecule has 0 radical (unpaired) electrons. The Balaban J connectivity index is 2.12. The van der Waals surface area contributed by atoms with E-state index in [0.717, 1.165) is 36.9 Å². The maximum atomic E-state index is 9.74. The average Bonchev–Trinajstić information content (AvgIpc) is 2.63. The number of benzene rings is 1. The molecule has 1 N–H and O–H groups in total. The van der Waals surface area contributed by atoms with E-state index in [0.29, 0.717) is 0 Å². The van der Waals surface area contributed by atoms with Gasteiger partial charge in [0.15, 0.2) is 0 Å². The van der Waals surface area contributed by atoms with Crippen molar-refractivity contribution >= 4 is 0 Å². The minimum absolute atomic E-state index is 0.427. The van der Waals surface area contributed by atoms with Crippen LogP contribution in [0.5, 0.6) is 5.75 Å². The maximum Gasteiger partial charge on any atom is 0.123 e. The van der Waals surface area contributed by atoms with Gasteiger partial charge in [0, 0.05) is 12.1 Å². The fourth-order valence-electron chi connectivity index (χ4n) is 2.90. The first kappa shape index (κ1) is 15.3. The molecule has 0 bridgehead atoms. The summed E-state index contributed by atoms with van der Waals surface area (Å²) in [4.78, 5) is 2.51. The van der Waals surface area contributed by atoms with E-state index in [1.807, 2.05) is 12.1 Å². The number of nitrogens with zero attached hydrogens (tertiary/aromatic N) is 1. The number of hydrogen-bond donors (Lipinski definition) is 1. The molecule has 2 atom stereocenters. The van der Waals surface area contributed by atoms with Crippen LogP contribution in [0.25, 0.3) is 0 Å². The van der Waals surface area contributed by atoms with Crippen molar-refractivity contribution in [2.45, 2.75) is 45.8 Å². The highest BCUT2D eigenvalue weighted by Crippen LogP contribution is 2.26. The third-order valence-corrected chi connectivity index (χ3v) is 4.29. The molecular weight excluding hydrogens is 250 g/mol. The summed E-state index contributed by atoms with van der Waals surface area (Å²) in [6.07, 6.45) is 3.46. The summed E-state index contributed by atoms with van der Waals surface area (Å²) in [7, 11) is 1.71. The lowest BCUT2D eigenvalue weighted by Gasteiger charge is -2.22. The first-order valence-electron chi connectivity index (χ1n) is 7.67. The lowest BCUT2D eigenvalue weighted by molar-refractivity contribution is 0.198. The number of methoxy groups -OCH3 is 1. The van der Waals surface area contributed by atoms with E-state index in [-0.39, 0.29) is 0 Å². The molecule has 0 spiro atoms. The molecule has 2 unspecified atom stereocenters. The molecule has 1 aliphatic rings. The summed E-state index contributed by atoms with van der Waals surface area (Å²) in [6, 6.07) is 5.99. The number of aliphatic hydroxyl groups is 1. The highest BCUT2D eigenvalue weighted by Gasteiger charge is 2.16. The van der Waals surface area contributed by atoms with E-state index in [9.17, 15) is 5.11 Å². The lowest BCUT2D eigenvalue weighted by Crippen LogP contribution is -2.24. The van der Waals surface area contributed by atoms with Crippen molar-refractivity contribution in [1.29, 1.82) is 0 Å². The number of rotatable bonds is 4. The second kappa shape index (κ2) is 7.09. The molecule has 0 aromatic heterocycles. The molecule has 1 aromatic rings. The first-order chi connectivity index (χ1) is 9.60. The summed E-state index contributed by atoms with van der Waals surface area (Å²) in [5.74, 6) is 1.76. The molecule has 0 aliphatic carbocycles. The van der Waals surface area contributed by atoms with Gasteiger partial charge in [0.25, 0.3) is 0 Å². The van der Waals surface area contributed by atoms with Gasteiger partial charge in [0.05, 0.1) is 13.2 Å². The van der Waals surface area contributed by atoms with Gasteiger partial charge in [0.1, 0.15) is 5.75 Å². The molecule has 20 heavy (non-hydrogen) atoms. The largest absolute Gasteiger partial charge is 0.496 e. The van der Waals surface area contributed by atoms with E-state index in [2.05, 4.69) is 17.9 Å². The second-order valence-corrected chi connectivity index (χ2v) is 6.06. The van der Waals surface area contributed by atoms with Gasteiger partial charge < -0.3 is 9.84 Å². The summed E-state index contributed by atoms with van der Waals surface area (Å²) < 4.78 is 5.47. The van der Waals surface area contributed by atoms with Gasteiger partial charge >= 0.3 is 0 Å². The van der Waals surface area contributed by atoms with Crippen LogP contribution in [0.2, 0.25) is 0 Å². The van der Waals surface area contributed by atoms with Crippen molar-refractivity contribution < 1.29 is 9.84 Å². The summed E-state index contributed by atoms with van der Waals surface area (Å²) in [6.45, 7) is 7.38. The van der Waals surface area contributed by atoms with E-state index in [4.69, 9.17) is 4.74 Å². The van der Waals surface area contributed by atoms with Crippen molar-refractivity contribution in [1.82, 2.24) is 4.90 Å². The van der Waals surface area contributed by atoms with Crippen LogP contribution in [0.1, 0.15) is 50.3 Å². The molecular formula is C17H27NO2. The second-order valence-electron chi connectivity index (χ2n) is 6.06. The Morgan fingerprint density at radius 2 is 2.15 bits per heavy atom. The van der Waals surface area contributed by atoms with Gasteiger partial charge in [-0.1, -0.05) is 13.0 Å². The van der Waals surface area contributed by atoms with E-state index >= 15 is 0 Å². The van der Waals surface area contributed by atoms with Gasteiger partial charge in [-0.2, -0.15) is 0 Å².